The molecule has 0 aromatic carbocycles. The molecule has 1 spiro atoms. The van der Waals surface area contributed by atoms with Gasteiger partial charge in [0.25, 0.3) is 0 Å². The fourth-order valence-corrected chi connectivity index (χ4v) is 5.15. The van der Waals surface area contributed by atoms with Gasteiger partial charge in [-0.15, -0.1) is 11.3 Å². The highest BCUT2D eigenvalue weighted by Gasteiger charge is 2.51. The number of nitrogens with zero attached hydrogens (tertiary/aromatic N) is 2. The number of amides is 1. The maximum atomic E-state index is 12.5. The molecule has 0 N–H and O–H groups in total. The van der Waals surface area contributed by atoms with Crippen LogP contribution in [0.15, 0.2) is 17.5 Å². The monoisotopic (exact) mass is 362 g/mol. The molecular formula is C19H26N2O3S. The second-order valence-electron chi connectivity index (χ2n) is 7.66. The minimum Gasteiger partial charge on any atom is -0.461 e. The van der Waals surface area contributed by atoms with E-state index in [-0.39, 0.29) is 23.4 Å². The number of hydrogen-bond donors (Lipinski definition) is 0. The Hall–Kier alpha value is -1.40. The third kappa shape index (κ3) is 3.60. The number of rotatable bonds is 4. The van der Waals surface area contributed by atoms with Crippen LogP contribution in [0.3, 0.4) is 0 Å². The summed E-state index contributed by atoms with van der Waals surface area (Å²) < 4.78 is 5.72. The lowest BCUT2D eigenvalue weighted by molar-refractivity contribution is -0.152. The molecule has 136 valence electrons. The van der Waals surface area contributed by atoms with Crippen molar-refractivity contribution in [1.29, 1.82) is 0 Å². The molecule has 5 nitrogen and oxygen atoms in total. The highest BCUT2D eigenvalue weighted by Crippen LogP contribution is 2.43. The van der Waals surface area contributed by atoms with Gasteiger partial charge in [0.15, 0.2) is 0 Å². The van der Waals surface area contributed by atoms with Gasteiger partial charge in [-0.1, -0.05) is 6.07 Å². The number of cyclic esters (lactones) is 1. The van der Waals surface area contributed by atoms with Crippen molar-refractivity contribution in [3.05, 3.63) is 22.4 Å². The lowest BCUT2D eigenvalue weighted by Crippen LogP contribution is -2.45. The van der Waals surface area contributed by atoms with Crippen LogP contribution in [0.5, 0.6) is 0 Å². The van der Waals surface area contributed by atoms with E-state index in [9.17, 15) is 9.59 Å². The summed E-state index contributed by atoms with van der Waals surface area (Å²) in [7, 11) is 0. The standard InChI is InChI=1S/C19H26N2O3S/c22-17(12-16-4-3-11-25-16)21-9-5-19(6-10-21)13-15(24-18(19)23)14-20-7-1-2-8-20/h3-4,11,15H,1-2,5-10,12-14H2. The molecule has 0 saturated carbocycles. The third-order valence-electron chi connectivity index (χ3n) is 5.96. The van der Waals surface area contributed by atoms with Crippen LogP contribution in [0.2, 0.25) is 0 Å². The van der Waals surface area contributed by atoms with Crippen molar-refractivity contribution in [2.45, 2.75) is 44.6 Å². The molecule has 0 bridgehead atoms. The van der Waals surface area contributed by atoms with Gasteiger partial charge in [0, 0.05) is 30.9 Å². The Morgan fingerprint density at radius 1 is 1.24 bits per heavy atom. The van der Waals surface area contributed by atoms with Crippen molar-refractivity contribution in [2.24, 2.45) is 5.41 Å². The van der Waals surface area contributed by atoms with Gasteiger partial charge in [-0.2, -0.15) is 0 Å². The zero-order valence-electron chi connectivity index (χ0n) is 14.6. The Bertz CT molecular complexity index is 617. The van der Waals surface area contributed by atoms with E-state index < -0.39 is 0 Å². The van der Waals surface area contributed by atoms with Gasteiger partial charge in [-0.3, -0.25) is 14.5 Å². The molecule has 1 aromatic heterocycles. The molecule has 3 fully saturated rings. The minimum atomic E-state index is -0.343. The van der Waals surface area contributed by atoms with Gasteiger partial charge in [0.2, 0.25) is 5.91 Å². The van der Waals surface area contributed by atoms with Crippen molar-refractivity contribution in [1.82, 2.24) is 9.80 Å². The van der Waals surface area contributed by atoms with E-state index in [0.717, 1.165) is 43.8 Å². The van der Waals surface area contributed by atoms with Crippen LogP contribution >= 0.6 is 11.3 Å². The molecule has 0 radical (unpaired) electrons. The van der Waals surface area contributed by atoms with Crippen LogP contribution in [-0.4, -0.2) is 60.5 Å². The number of carbonyl (C=O) groups excluding carboxylic acids is 2. The number of hydrogen-bond acceptors (Lipinski definition) is 5. The van der Waals surface area contributed by atoms with Crippen LogP contribution < -0.4 is 0 Å². The van der Waals surface area contributed by atoms with Crippen molar-refractivity contribution >= 4 is 23.2 Å². The van der Waals surface area contributed by atoms with Crippen molar-refractivity contribution in [2.75, 3.05) is 32.7 Å². The SMILES string of the molecule is O=C(Cc1cccs1)N1CCC2(CC1)CC(CN1CCCC1)OC2=O. The van der Waals surface area contributed by atoms with Crippen LogP contribution in [0, 0.1) is 5.41 Å². The molecule has 6 heteroatoms. The predicted octanol–water partition coefficient (Wildman–Crippen LogP) is 2.31. The van der Waals surface area contributed by atoms with Crippen LogP contribution in [0.4, 0.5) is 0 Å². The van der Waals surface area contributed by atoms with Gasteiger partial charge in [0.1, 0.15) is 6.10 Å². The lowest BCUT2D eigenvalue weighted by Gasteiger charge is -2.36. The maximum Gasteiger partial charge on any atom is 0.312 e. The third-order valence-corrected chi connectivity index (χ3v) is 6.84. The second-order valence-corrected chi connectivity index (χ2v) is 8.69. The topological polar surface area (TPSA) is 49.9 Å². The van der Waals surface area contributed by atoms with Gasteiger partial charge in [-0.25, -0.2) is 0 Å². The normalized spacial score (nSPS) is 26.3. The highest BCUT2D eigenvalue weighted by atomic mass is 32.1. The number of carbonyl (C=O) groups is 2. The molecule has 3 aliphatic rings. The summed E-state index contributed by atoms with van der Waals surface area (Å²) in [5.41, 5.74) is -0.343. The van der Waals surface area contributed by atoms with Gasteiger partial charge in [-0.05, 0) is 50.2 Å². The summed E-state index contributed by atoms with van der Waals surface area (Å²) in [6.07, 6.45) is 5.36. The summed E-state index contributed by atoms with van der Waals surface area (Å²) in [5.74, 6) is 0.152. The Labute approximate surface area is 152 Å². The fraction of sp³-hybridized carbons (Fsp3) is 0.684. The van der Waals surface area contributed by atoms with Crippen LogP contribution in [-0.2, 0) is 20.7 Å². The number of likely N-dealkylation sites (tertiary alicyclic amines) is 2. The summed E-state index contributed by atoms with van der Waals surface area (Å²) in [6.45, 7) is 4.50. The van der Waals surface area contributed by atoms with Gasteiger partial charge < -0.3 is 9.64 Å². The quantitative estimate of drug-likeness (QED) is 0.772. The zero-order valence-corrected chi connectivity index (χ0v) is 15.4. The Balaban J connectivity index is 1.31. The second kappa shape index (κ2) is 7.08. The first-order valence-corrected chi connectivity index (χ1v) is 10.3. The van der Waals surface area contributed by atoms with E-state index in [4.69, 9.17) is 4.74 Å². The van der Waals surface area contributed by atoms with Crippen molar-refractivity contribution in [3.63, 3.8) is 0 Å². The molecule has 0 aliphatic carbocycles. The molecule has 4 rings (SSSR count). The summed E-state index contributed by atoms with van der Waals surface area (Å²) in [4.78, 5) is 30.4. The number of ether oxygens (including phenoxy) is 1. The predicted molar refractivity (Wildman–Crippen MR) is 96.4 cm³/mol. The molecule has 3 saturated heterocycles. The smallest absolute Gasteiger partial charge is 0.312 e. The van der Waals surface area contributed by atoms with E-state index in [1.807, 2.05) is 22.4 Å². The summed E-state index contributed by atoms with van der Waals surface area (Å²) in [5, 5.41) is 2.00. The van der Waals surface area contributed by atoms with Crippen molar-refractivity contribution < 1.29 is 14.3 Å². The maximum absolute atomic E-state index is 12.5. The molecule has 1 aromatic rings. The Morgan fingerprint density at radius 3 is 2.68 bits per heavy atom. The van der Waals surface area contributed by atoms with Gasteiger partial charge in [0.05, 0.1) is 11.8 Å². The fourth-order valence-electron chi connectivity index (χ4n) is 4.46. The molecule has 1 atom stereocenters. The van der Waals surface area contributed by atoms with Crippen LogP contribution in [0.25, 0.3) is 0 Å². The number of piperidine rings is 1. The first kappa shape index (κ1) is 17.0. The largest absolute Gasteiger partial charge is 0.461 e. The molecule has 3 aliphatic heterocycles. The average molecular weight is 362 g/mol. The number of esters is 1. The van der Waals surface area contributed by atoms with E-state index in [2.05, 4.69) is 4.90 Å². The highest BCUT2D eigenvalue weighted by molar-refractivity contribution is 7.10. The molecule has 4 heterocycles. The van der Waals surface area contributed by atoms with Crippen molar-refractivity contribution in [3.8, 4) is 0 Å². The van der Waals surface area contributed by atoms with E-state index in [1.165, 1.54) is 12.8 Å². The molecule has 1 unspecified atom stereocenters. The Morgan fingerprint density at radius 2 is 2.00 bits per heavy atom. The van der Waals surface area contributed by atoms with Gasteiger partial charge >= 0.3 is 5.97 Å². The minimum absolute atomic E-state index is 0.0259. The molecule has 1 amide bonds. The van der Waals surface area contributed by atoms with E-state index >= 15 is 0 Å². The summed E-state index contributed by atoms with van der Waals surface area (Å²) >= 11 is 1.62. The first-order chi connectivity index (χ1) is 12.1. The Kier molecular flexibility index (Phi) is 4.82. The number of thiophene rings is 1. The first-order valence-electron chi connectivity index (χ1n) is 9.38. The molecule has 25 heavy (non-hydrogen) atoms. The van der Waals surface area contributed by atoms with E-state index in [0.29, 0.717) is 19.5 Å². The van der Waals surface area contributed by atoms with E-state index in [1.54, 1.807) is 11.3 Å². The summed E-state index contributed by atoms with van der Waals surface area (Å²) in [6, 6.07) is 3.98. The zero-order chi connectivity index (χ0) is 17.3. The average Bonchev–Trinajstić information content (AvgIpc) is 3.33. The molecular weight excluding hydrogens is 336 g/mol. The lowest BCUT2D eigenvalue weighted by atomic mass is 9.76. The van der Waals surface area contributed by atoms with Crippen LogP contribution in [0.1, 0.15) is 37.0 Å².